The molecule has 3 heteroatoms. The maximum atomic E-state index is 11.2. The van der Waals surface area contributed by atoms with Gasteiger partial charge in [-0.25, -0.2) is 4.79 Å². The summed E-state index contributed by atoms with van der Waals surface area (Å²) in [6.07, 6.45) is 3.40. The lowest BCUT2D eigenvalue weighted by atomic mass is 10.1. The van der Waals surface area contributed by atoms with Crippen LogP contribution >= 0.6 is 0 Å². The van der Waals surface area contributed by atoms with Crippen LogP contribution in [0, 0.1) is 11.3 Å². The van der Waals surface area contributed by atoms with E-state index >= 15 is 0 Å². The molecule has 0 aliphatic heterocycles. The Balaban J connectivity index is 2.95. The van der Waals surface area contributed by atoms with Gasteiger partial charge in [-0.2, -0.15) is 5.26 Å². The van der Waals surface area contributed by atoms with Gasteiger partial charge < -0.3 is 4.74 Å². The van der Waals surface area contributed by atoms with Crippen LogP contribution in [0.15, 0.2) is 47.6 Å². The van der Waals surface area contributed by atoms with Crippen LogP contribution in [0.3, 0.4) is 0 Å². The number of benzene rings is 1. The molecular weight excluding hydrogens is 214 g/mol. The van der Waals surface area contributed by atoms with Gasteiger partial charge in [-0.3, -0.25) is 0 Å². The summed E-state index contributed by atoms with van der Waals surface area (Å²) >= 11 is 0. The van der Waals surface area contributed by atoms with Crippen LogP contribution < -0.4 is 0 Å². The summed E-state index contributed by atoms with van der Waals surface area (Å²) in [6.45, 7) is 1.83. The van der Waals surface area contributed by atoms with Gasteiger partial charge in [-0.1, -0.05) is 36.4 Å². The molecule has 1 aromatic carbocycles. The first-order valence-corrected chi connectivity index (χ1v) is 5.11. The first kappa shape index (κ1) is 12.7. The molecule has 0 heterocycles. The highest BCUT2D eigenvalue weighted by Crippen LogP contribution is 2.09. The summed E-state index contributed by atoms with van der Waals surface area (Å²) in [7, 11) is 1.25. The molecule has 0 aliphatic rings. The molecule has 0 saturated carbocycles. The second kappa shape index (κ2) is 6.29. The molecule has 0 atom stereocenters. The molecule has 0 aromatic heterocycles. The zero-order chi connectivity index (χ0) is 12.7. The topological polar surface area (TPSA) is 50.1 Å². The summed E-state index contributed by atoms with van der Waals surface area (Å²) in [5, 5.41) is 8.80. The number of methoxy groups -OCH3 is 1. The first-order chi connectivity index (χ1) is 8.17. The molecule has 3 nitrogen and oxygen atoms in total. The molecule has 0 aliphatic carbocycles. The highest BCUT2D eigenvalue weighted by atomic mass is 16.5. The monoisotopic (exact) mass is 227 g/mol. The van der Waals surface area contributed by atoms with Gasteiger partial charge in [0, 0.05) is 0 Å². The third-order valence-electron chi connectivity index (χ3n) is 2.09. The molecule has 1 aromatic rings. The van der Waals surface area contributed by atoms with E-state index < -0.39 is 5.97 Å². The SMILES string of the molecule is COC(=O)/C(C#N)=C/C(C)=C/c1ccccc1. The Labute approximate surface area is 101 Å². The number of allylic oxidation sites excluding steroid dienone is 2. The van der Waals surface area contributed by atoms with E-state index in [1.807, 2.05) is 49.4 Å². The van der Waals surface area contributed by atoms with Crippen LogP contribution in [-0.4, -0.2) is 13.1 Å². The second-order valence-electron chi connectivity index (χ2n) is 3.46. The minimum atomic E-state index is -0.617. The number of rotatable bonds is 3. The van der Waals surface area contributed by atoms with Crippen LogP contribution in [0.25, 0.3) is 6.08 Å². The Morgan fingerprint density at radius 3 is 2.53 bits per heavy atom. The number of ether oxygens (including phenoxy) is 1. The molecule has 0 fully saturated rings. The van der Waals surface area contributed by atoms with Crippen molar-refractivity contribution in [1.29, 1.82) is 5.26 Å². The Kier molecular flexibility index (Phi) is 4.71. The van der Waals surface area contributed by atoms with Crippen molar-refractivity contribution in [2.75, 3.05) is 7.11 Å². The normalized spacial score (nSPS) is 11.8. The molecule has 0 unspecified atom stereocenters. The minimum Gasteiger partial charge on any atom is -0.465 e. The Bertz CT molecular complexity index is 493. The van der Waals surface area contributed by atoms with Crippen molar-refractivity contribution in [3.05, 3.63) is 53.1 Å². The predicted octanol–water partition coefficient (Wildman–Crippen LogP) is 2.71. The number of esters is 1. The van der Waals surface area contributed by atoms with Gasteiger partial charge in [0.25, 0.3) is 0 Å². The van der Waals surface area contributed by atoms with Gasteiger partial charge in [0.15, 0.2) is 0 Å². The van der Waals surface area contributed by atoms with Crippen molar-refractivity contribution in [2.45, 2.75) is 6.92 Å². The van der Waals surface area contributed by atoms with Gasteiger partial charge in [-0.05, 0) is 24.1 Å². The number of carbonyl (C=O) groups is 1. The van der Waals surface area contributed by atoms with Crippen molar-refractivity contribution in [3.8, 4) is 6.07 Å². The van der Waals surface area contributed by atoms with Gasteiger partial charge in [0.2, 0.25) is 0 Å². The van der Waals surface area contributed by atoms with Crippen molar-refractivity contribution >= 4 is 12.0 Å². The molecule has 0 spiro atoms. The smallest absolute Gasteiger partial charge is 0.348 e. The van der Waals surface area contributed by atoms with Crippen LogP contribution in [0.1, 0.15) is 12.5 Å². The fourth-order valence-electron chi connectivity index (χ4n) is 1.33. The average Bonchev–Trinajstić information content (AvgIpc) is 2.36. The Hall–Kier alpha value is -2.34. The van der Waals surface area contributed by atoms with Crippen LogP contribution in [0.5, 0.6) is 0 Å². The number of hydrogen-bond acceptors (Lipinski definition) is 3. The number of carbonyl (C=O) groups excluding carboxylic acids is 1. The second-order valence-corrected chi connectivity index (χ2v) is 3.46. The van der Waals surface area contributed by atoms with Crippen molar-refractivity contribution in [2.24, 2.45) is 0 Å². The summed E-state index contributed by atoms with van der Waals surface area (Å²) < 4.78 is 4.50. The maximum absolute atomic E-state index is 11.2. The van der Waals surface area contributed by atoms with Crippen LogP contribution in [0.2, 0.25) is 0 Å². The van der Waals surface area contributed by atoms with Gasteiger partial charge in [0.1, 0.15) is 11.6 Å². The highest BCUT2D eigenvalue weighted by Gasteiger charge is 2.07. The summed E-state index contributed by atoms with van der Waals surface area (Å²) in [5.74, 6) is -0.617. The Morgan fingerprint density at radius 1 is 1.35 bits per heavy atom. The van der Waals surface area contributed by atoms with E-state index in [-0.39, 0.29) is 5.57 Å². The zero-order valence-corrected chi connectivity index (χ0v) is 9.81. The third kappa shape index (κ3) is 3.96. The van der Waals surface area contributed by atoms with E-state index in [9.17, 15) is 4.79 Å². The lowest BCUT2D eigenvalue weighted by Crippen LogP contribution is -2.02. The number of hydrogen-bond donors (Lipinski definition) is 0. The molecule has 0 N–H and O–H groups in total. The van der Waals surface area contributed by atoms with Gasteiger partial charge in [-0.15, -0.1) is 0 Å². The molecule has 86 valence electrons. The van der Waals surface area contributed by atoms with E-state index in [2.05, 4.69) is 4.74 Å². The summed E-state index contributed by atoms with van der Waals surface area (Å²) in [5.41, 5.74) is 1.83. The summed E-state index contributed by atoms with van der Waals surface area (Å²) in [4.78, 5) is 11.2. The van der Waals surface area contributed by atoms with E-state index in [1.54, 1.807) is 0 Å². The number of nitriles is 1. The third-order valence-corrected chi connectivity index (χ3v) is 2.09. The first-order valence-electron chi connectivity index (χ1n) is 5.11. The standard InChI is InChI=1S/C14H13NO2/c1-11(8-12-6-4-3-5-7-12)9-13(10-15)14(16)17-2/h3-9H,1-2H3/b11-8+,13-9+. The van der Waals surface area contributed by atoms with Gasteiger partial charge >= 0.3 is 5.97 Å². The summed E-state index contributed by atoms with van der Waals surface area (Å²) in [6, 6.07) is 11.5. The molecule has 0 amide bonds. The predicted molar refractivity (Wildman–Crippen MR) is 65.8 cm³/mol. The van der Waals surface area contributed by atoms with E-state index in [4.69, 9.17) is 5.26 Å². The Morgan fingerprint density at radius 2 is 2.00 bits per heavy atom. The fourth-order valence-corrected chi connectivity index (χ4v) is 1.33. The average molecular weight is 227 g/mol. The van der Waals surface area contributed by atoms with Crippen molar-refractivity contribution < 1.29 is 9.53 Å². The largest absolute Gasteiger partial charge is 0.465 e. The maximum Gasteiger partial charge on any atom is 0.348 e. The lowest BCUT2D eigenvalue weighted by molar-refractivity contribution is -0.135. The molecule has 0 bridgehead atoms. The molecule has 17 heavy (non-hydrogen) atoms. The van der Waals surface area contributed by atoms with Crippen LogP contribution in [-0.2, 0) is 9.53 Å². The molecule has 1 rings (SSSR count). The van der Waals surface area contributed by atoms with E-state index in [0.717, 1.165) is 11.1 Å². The molecular formula is C14H13NO2. The van der Waals surface area contributed by atoms with Crippen molar-refractivity contribution in [3.63, 3.8) is 0 Å². The van der Waals surface area contributed by atoms with Crippen molar-refractivity contribution in [1.82, 2.24) is 0 Å². The lowest BCUT2D eigenvalue weighted by Gasteiger charge is -1.98. The zero-order valence-electron chi connectivity index (χ0n) is 9.81. The van der Waals surface area contributed by atoms with Gasteiger partial charge in [0.05, 0.1) is 7.11 Å². The molecule has 0 saturated heterocycles. The quantitative estimate of drug-likeness (QED) is 0.345. The number of nitrogens with zero attached hydrogens (tertiary/aromatic N) is 1. The highest BCUT2D eigenvalue weighted by molar-refractivity contribution is 5.93. The van der Waals surface area contributed by atoms with Crippen LogP contribution in [0.4, 0.5) is 0 Å². The van der Waals surface area contributed by atoms with E-state index in [0.29, 0.717) is 0 Å². The molecule has 0 radical (unpaired) electrons. The fraction of sp³-hybridized carbons (Fsp3) is 0.143. The minimum absolute atomic E-state index is 0.00261. The van der Waals surface area contributed by atoms with E-state index in [1.165, 1.54) is 13.2 Å².